The minimum absolute atomic E-state index is 0.122. The molecule has 0 amide bonds. The second-order valence-corrected chi connectivity index (χ2v) is 3.50. The fraction of sp³-hybridized carbons (Fsp3) is 0.273. The zero-order chi connectivity index (χ0) is 11.4. The predicted molar refractivity (Wildman–Crippen MR) is 57.1 cm³/mol. The van der Waals surface area contributed by atoms with Gasteiger partial charge in [0, 0.05) is 18.8 Å². The summed E-state index contributed by atoms with van der Waals surface area (Å²) in [7, 11) is 0. The van der Waals surface area contributed by atoms with E-state index in [0.29, 0.717) is 6.54 Å². The second kappa shape index (κ2) is 4.59. The lowest BCUT2D eigenvalue weighted by Gasteiger charge is -2.03. The van der Waals surface area contributed by atoms with Gasteiger partial charge >= 0.3 is 5.97 Å². The van der Waals surface area contributed by atoms with Crippen molar-refractivity contribution in [3.63, 3.8) is 0 Å². The number of carbonyl (C=O) groups is 1. The largest absolute Gasteiger partial charge is 0.478 e. The first-order chi connectivity index (χ1) is 7.00. The Hall–Kier alpha value is -1.84. The van der Waals surface area contributed by atoms with Crippen molar-refractivity contribution in [1.29, 1.82) is 0 Å². The normalized spacial score (nSPS) is 9.73. The first kappa shape index (κ1) is 11.2. The Morgan fingerprint density at radius 3 is 2.67 bits per heavy atom. The van der Waals surface area contributed by atoms with E-state index in [2.05, 4.69) is 0 Å². The summed E-state index contributed by atoms with van der Waals surface area (Å²) in [4.78, 5) is 22.0. The summed E-state index contributed by atoms with van der Waals surface area (Å²) in [5.41, 5.74) is 1.01. The molecule has 0 spiro atoms. The number of aromatic carboxylic acids is 1. The van der Waals surface area contributed by atoms with E-state index in [0.717, 1.165) is 5.57 Å². The summed E-state index contributed by atoms with van der Waals surface area (Å²) >= 11 is 0. The lowest BCUT2D eigenvalue weighted by molar-refractivity contribution is 0.0696. The van der Waals surface area contributed by atoms with Crippen LogP contribution in [0.4, 0.5) is 0 Å². The van der Waals surface area contributed by atoms with E-state index in [9.17, 15) is 9.59 Å². The van der Waals surface area contributed by atoms with Crippen molar-refractivity contribution in [1.82, 2.24) is 4.57 Å². The number of carboxylic acids is 1. The third-order valence-electron chi connectivity index (χ3n) is 1.93. The third-order valence-corrected chi connectivity index (χ3v) is 1.93. The first-order valence-electron chi connectivity index (χ1n) is 4.58. The van der Waals surface area contributed by atoms with Crippen molar-refractivity contribution in [2.24, 2.45) is 0 Å². The van der Waals surface area contributed by atoms with Crippen LogP contribution in [0.2, 0.25) is 0 Å². The summed E-state index contributed by atoms with van der Waals surface area (Å²) in [6.45, 7) is 4.25. The van der Waals surface area contributed by atoms with Crippen LogP contribution < -0.4 is 5.56 Å². The minimum atomic E-state index is -1.03. The van der Waals surface area contributed by atoms with Gasteiger partial charge in [-0.05, 0) is 19.9 Å². The summed E-state index contributed by atoms with van der Waals surface area (Å²) < 4.78 is 1.37. The van der Waals surface area contributed by atoms with E-state index >= 15 is 0 Å². The molecular weight excluding hydrogens is 194 g/mol. The molecule has 0 bridgehead atoms. The molecule has 0 aliphatic rings. The van der Waals surface area contributed by atoms with Gasteiger partial charge in [-0.3, -0.25) is 4.79 Å². The lowest BCUT2D eigenvalue weighted by atomic mass is 10.2. The van der Waals surface area contributed by atoms with Gasteiger partial charge in [0.1, 0.15) is 0 Å². The summed E-state index contributed by atoms with van der Waals surface area (Å²) in [5, 5.41) is 8.75. The smallest absolute Gasteiger partial charge is 0.337 e. The lowest BCUT2D eigenvalue weighted by Crippen LogP contribution is -2.19. The van der Waals surface area contributed by atoms with Gasteiger partial charge in [0.15, 0.2) is 0 Å². The van der Waals surface area contributed by atoms with Crippen LogP contribution in [0.5, 0.6) is 0 Å². The zero-order valence-corrected chi connectivity index (χ0v) is 8.73. The van der Waals surface area contributed by atoms with Crippen LogP contribution in [0.1, 0.15) is 24.2 Å². The fourth-order valence-electron chi connectivity index (χ4n) is 1.08. The fourth-order valence-corrected chi connectivity index (χ4v) is 1.08. The van der Waals surface area contributed by atoms with Crippen molar-refractivity contribution in [2.45, 2.75) is 20.4 Å². The molecule has 0 atom stereocenters. The van der Waals surface area contributed by atoms with Crippen LogP contribution >= 0.6 is 0 Å². The molecule has 0 saturated carbocycles. The maximum atomic E-state index is 11.3. The van der Waals surface area contributed by atoms with Gasteiger partial charge in [-0.15, -0.1) is 0 Å². The molecule has 4 nitrogen and oxygen atoms in total. The Balaban J connectivity index is 3.06. The second-order valence-electron chi connectivity index (χ2n) is 3.50. The number of aromatic nitrogens is 1. The standard InChI is InChI=1S/C11H13NO3/c1-8(2)5-6-12-7-9(11(14)15)3-4-10(12)13/h3-5,7H,6H2,1-2H3,(H,14,15). The maximum absolute atomic E-state index is 11.3. The molecule has 0 aliphatic carbocycles. The van der Waals surface area contributed by atoms with E-state index in [1.54, 1.807) is 0 Å². The number of nitrogens with zero attached hydrogens (tertiary/aromatic N) is 1. The van der Waals surface area contributed by atoms with Crippen molar-refractivity contribution in [3.05, 3.63) is 45.9 Å². The van der Waals surface area contributed by atoms with Gasteiger partial charge in [0.25, 0.3) is 5.56 Å². The Kier molecular flexibility index (Phi) is 3.44. The molecule has 1 aromatic rings. The molecule has 0 radical (unpaired) electrons. The number of pyridine rings is 1. The van der Waals surface area contributed by atoms with Gasteiger partial charge in [-0.2, -0.15) is 0 Å². The van der Waals surface area contributed by atoms with Crippen LogP contribution in [0.3, 0.4) is 0 Å². The molecule has 0 unspecified atom stereocenters. The highest BCUT2D eigenvalue weighted by Gasteiger charge is 2.03. The highest BCUT2D eigenvalue weighted by Crippen LogP contribution is 1.97. The number of carboxylic acid groups (broad SMARTS) is 1. The molecule has 1 heterocycles. The summed E-state index contributed by atoms with van der Waals surface area (Å²) in [5.74, 6) is -1.03. The SMILES string of the molecule is CC(C)=CCn1cc(C(=O)O)ccc1=O. The van der Waals surface area contributed by atoms with Crippen LogP contribution in [-0.4, -0.2) is 15.6 Å². The topological polar surface area (TPSA) is 59.3 Å². The Bertz CT molecular complexity index is 453. The van der Waals surface area contributed by atoms with Gasteiger partial charge in [-0.1, -0.05) is 11.6 Å². The van der Waals surface area contributed by atoms with Gasteiger partial charge in [0.05, 0.1) is 5.56 Å². The van der Waals surface area contributed by atoms with Crippen molar-refractivity contribution in [3.8, 4) is 0 Å². The highest BCUT2D eigenvalue weighted by atomic mass is 16.4. The minimum Gasteiger partial charge on any atom is -0.478 e. The monoisotopic (exact) mass is 207 g/mol. The molecule has 0 saturated heterocycles. The van der Waals surface area contributed by atoms with Gasteiger partial charge in [-0.25, -0.2) is 4.79 Å². The van der Waals surface area contributed by atoms with Crippen molar-refractivity contribution >= 4 is 5.97 Å². The number of hydrogen-bond donors (Lipinski definition) is 1. The molecular formula is C11H13NO3. The number of allylic oxidation sites excluding steroid dienone is 2. The van der Waals surface area contributed by atoms with Crippen molar-refractivity contribution < 1.29 is 9.90 Å². The average Bonchev–Trinajstić information content (AvgIpc) is 2.16. The van der Waals surface area contributed by atoms with Crippen LogP contribution in [-0.2, 0) is 6.54 Å². The summed E-state index contributed by atoms with van der Waals surface area (Å²) in [6.07, 6.45) is 3.22. The Morgan fingerprint density at radius 1 is 1.47 bits per heavy atom. The van der Waals surface area contributed by atoms with E-state index in [4.69, 9.17) is 5.11 Å². The molecule has 0 fully saturated rings. The third kappa shape index (κ3) is 3.09. The quantitative estimate of drug-likeness (QED) is 0.764. The highest BCUT2D eigenvalue weighted by molar-refractivity contribution is 5.87. The molecule has 0 aromatic carbocycles. The van der Waals surface area contributed by atoms with E-state index in [-0.39, 0.29) is 11.1 Å². The molecule has 80 valence electrons. The Morgan fingerprint density at radius 2 is 2.13 bits per heavy atom. The molecule has 4 heteroatoms. The summed E-state index contributed by atoms with van der Waals surface area (Å²) in [6, 6.07) is 2.58. The molecule has 15 heavy (non-hydrogen) atoms. The van der Waals surface area contributed by atoms with E-state index in [1.807, 2.05) is 19.9 Å². The van der Waals surface area contributed by atoms with Crippen LogP contribution in [0.25, 0.3) is 0 Å². The zero-order valence-electron chi connectivity index (χ0n) is 8.73. The molecule has 0 aliphatic heterocycles. The number of hydrogen-bond acceptors (Lipinski definition) is 2. The van der Waals surface area contributed by atoms with Gasteiger partial charge < -0.3 is 9.67 Å². The van der Waals surface area contributed by atoms with Crippen LogP contribution in [0.15, 0.2) is 34.8 Å². The first-order valence-corrected chi connectivity index (χ1v) is 4.58. The molecule has 1 N–H and O–H groups in total. The van der Waals surface area contributed by atoms with Crippen LogP contribution in [0, 0.1) is 0 Å². The van der Waals surface area contributed by atoms with E-state index in [1.165, 1.54) is 22.9 Å². The molecule has 1 aromatic heterocycles. The average molecular weight is 207 g/mol. The predicted octanol–water partition coefficient (Wildman–Crippen LogP) is 1.51. The maximum Gasteiger partial charge on any atom is 0.337 e. The molecule has 1 rings (SSSR count). The van der Waals surface area contributed by atoms with E-state index < -0.39 is 5.97 Å². The number of rotatable bonds is 3. The Labute approximate surface area is 87.5 Å². The van der Waals surface area contributed by atoms with Gasteiger partial charge in [0.2, 0.25) is 0 Å². The van der Waals surface area contributed by atoms with Crippen molar-refractivity contribution in [2.75, 3.05) is 0 Å².